The molecule has 6 rings (SSSR count). The highest BCUT2D eigenvalue weighted by Gasteiger charge is 2.77. The third-order valence-electron chi connectivity index (χ3n) is 9.16. The average molecular weight is 703 g/mol. The van der Waals surface area contributed by atoms with Gasteiger partial charge in [-0.3, -0.25) is 19.2 Å². The summed E-state index contributed by atoms with van der Waals surface area (Å²) in [6.45, 7) is -0.742. The average Bonchev–Trinajstić information content (AvgIpc) is 3.40. The number of rotatable bonds is 5. The molecule has 248 valence electrons. The van der Waals surface area contributed by atoms with Crippen LogP contribution in [-0.4, -0.2) is 69.8 Å². The van der Waals surface area contributed by atoms with Crippen LogP contribution >= 0.6 is 23.2 Å². The molecule has 0 bridgehead atoms. The van der Waals surface area contributed by atoms with Crippen molar-refractivity contribution in [3.8, 4) is 5.75 Å². The second-order valence-corrected chi connectivity index (χ2v) is 12.5. The van der Waals surface area contributed by atoms with E-state index in [1.54, 1.807) is 0 Å². The fourth-order valence-corrected chi connectivity index (χ4v) is 8.12. The molecule has 5 amide bonds. The van der Waals surface area contributed by atoms with E-state index in [0.717, 1.165) is 7.11 Å². The molecule has 10 nitrogen and oxygen atoms in total. The number of amides is 5. The van der Waals surface area contributed by atoms with E-state index in [2.05, 4.69) is 4.74 Å². The molecule has 3 fully saturated rings. The van der Waals surface area contributed by atoms with Crippen LogP contribution < -0.4 is 9.64 Å². The summed E-state index contributed by atoms with van der Waals surface area (Å²) in [5.74, 6) is -23.0. The molecule has 2 aromatic carbocycles. The topological polar surface area (TPSA) is 131 Å². The first-order valence-electron chi connectivity index (χ1n) is 13.9. The Hall–Kier alpha value is -4.08. The molecule has 6 atom stereocenters. The van der Waals surface area contributed by atoms with Crippen molar-refractivity contribution in [2.24, 2.45) is 17.8 Å². The Morgan fingerprint density at radius 1 is 0.936 bits per heavy atom. The minimum Gasteiger partial charge on any atom is -0.491 e. The number of methoxy groups -OCH3 is 1. The number of hydrogen-bond donors (Lipinski definition) is 1. The first kappa shape index (κ1) is 32.8. The second kappa shape index (κ2) is 11.3. The summed E-state index contributed by atoms with van der Waals surface area (Å²) in [5, 5.41) is 9.40. The number of likely N-dealkylation sites (tertiary alicyclic amines) is 1. The minimum atomic E-state index is -2.76. The zero-order valence-corrected chi connectivity index (χ0v) is 25.4. The van der Waals surface area contributed by atoms with E-state index in [9.17, 15) is 42.3 Å². The van der Waals surface area contributed by atoms with Gasteiger partial charge in [-0.25, -0.2) is 31.6 Å². The van der Waals surface area contributed by atoms with Crippen LogP contribution in [0, 0.1) is 46.8 Å². The predicted octanol–water partition coefficient (Wildman–Crippen LogP) is 4.08. The molecule has 1 N–H and O–H groups in total. The second-order valence-electron chi connectivity index (χ2n) is 11.3. The number of benzene rings is 2. The molecule has 2 aliphatic heterocycles. The van der Waals surface area contributed by atoms with Gasteiger partial charge in [0.15, 0.2) is 33.0 Å². The number of fused-ring (bicyclic) bond motifs is 4. The Balaban J connectivity index is 1.60. The standard InChI is InChI=1S/C30H21Cl2F5N2O8/c1-46-28(45)39-24(41)13-7-6-11-14(16(13)25(39)42)10-29(31)26(43)38(23-21(36)19(34)18(33)20(35)22(23)37)27(44)30(29,32)17(11)12-4-2-3-5-15(12)47-9-8-40/h2-6,13-14,16-17,40H,7-10H2,1H3/t13-,14+,16-,17+,29+,30-/m0/s1. The number of allylic oxidation sites excluding steroid dienone is 2. The summed E-state index contributed by atoms with van der Waals surface area (Å²) in [7, 11) is 0.945. The molecule has 0 spiro atoms. The summed E-state index contributed by atoms with van der Waals surface area (Å²) in [4.78, 5) is 62.2. The molecule has 0 radical (unpaired) electrons. The predicted molar refractivity (Wildman–Crippen MR) is 150 cm³/mol. The molecule has 1 saturated carbocycles. The fraction of sp³-hybridized carbons (Fsp3) is 0.367. The molecular formula is C30H21Cl2F5N2O8. The van der Waals surface area contributed by atoms with Crippen molar-refractivity contribution in [1.29, 1.82) is 0 Å². The van der Waals surface area contributed by atoms with Gasteiger partial charge in [-0.2, -0.15) is 4.90 Å². The Morgan fingerprint density at radius 2 is 1.55 bits per heavy atom. The highest BCUT2D eigenvalue weighted by molar-refractivity contribution is 6.58. The Labute approximate surface area is 271 Å². The Kier molecular flexibility index (Phi) is 7.88. The molecule has 0 unspecified atom stereocenters. The van der Waals surface area contributed by atoms with Gasteiger partial charge in [0.1, 0.15) is 18.0 Å². The largest absolute Gasteiger partial charge is 0.491 e. The molecular weight excluding hydrogens is 682 g/mol. The van der Waals surface area contributed by atoms with E-state index in [0.29, 0.717) is 4.90 Å². The lowest BCUT2D eigenvalue weighted by molar-refractivity contribution is -0.138. The van der Waals surface area contributed by atoms with E-state index < -0.39 is 111 Å². The molecule has 2 saturated heterocycles. The number of aliphatic hydroxyl groups excluding tert-OH is 1. The molecule has 0 aromatic heterocycles. The van der Waals surface area contributed by atoms with Gasteiger partial charge in [-0.1, -0.05) is 29.8 Å². The van der Waals surface area contributed by atoms with E-state index >= 15 is 8.78 Å². The van der Waals surface area contributed by atoms with Gasteiger partial charge in [0.05, 0.1) is 25.6 Å². The van der Waals surface area contributed by atoms with Crippen LogP contribution in [0.4, 0.5) is 32.4 Å². The quantitative estimate of drug-likeness (QED) is 0.123. The lowest BCUT2D eigenvalue weighted by Crippen LogP contribution is -2.60. The highest BCUT2D eigenvalue weighted by Crippen LogP contribution is 2.66. The van der Waals surface area contributed by atoms with Crippen molar-refractivity contribution < 1.29 is 60.5 Å². The van der Waals surface area contributed by atoms with Crippen molar-refractivity contribution in [2.75, 3.05) is 25.2 Å². The number of carbonyl (C=O) groups is 5. The van der Waals surface area contributed by atoms with Gasteiger partial charge >= 0.3 is 6.09 Å². The van der Waals surface area contributed by atoms with Crippen LogP contribution in [0.5, 0.6) is 5.75 Å². The normalized spacial score (nSPS) is 29.9. The summed E-state index contributed by atoms with van der Waals surface area (Å²) in [6.07, 6.45) is -0.727. The van der Waals surface area contributed by atoms with Crippen molar-refractivity contribution in [1.82, 2.24) is 4.90 Å². The first-order chi connectivity index (χ1) is 22.2. The van der Waals surface area contributed by atoms with Gasteiger partial charge in [0.2, 0.25) is 17.6 Å². The van der Waals surface area contributed by atoms with Gasteiger partial charge in [-0.05, 0) is 24.8 Å². The third-order valence-corrected chi connectivity index (χ3v) is 10.6. The van der Waals surface area contributed by atoms with Gasteiger partial charge in [-0.15, -0.1) is 23.2 Å². The number of aliphatic hydroxyl groups is 1. The van der Waals surface area contributed by atoms with Crippen LogP contribution in [0.15, 0.2) is 35.9 Å². The van der Waals surface area contributed by atoms with Gasteiger partial charge in [0.25, 0.3) is 11.8 Å². The van der Waals surface area contributed by atoms with Crippen molar-refractivity contribution in [3.05, 3.63) is 70.6 Å². The number of imide groups is 4. The number of anilines is 1. The first-order valence-corrected chi connectivity index (χ1v) is 14.7. The minimum absolute atomic E-state index is 0.00536. The van der Waals surface area contributed by atoms with Crippen LogP contribution in [0.3, 0.4) is 0 Å². The molecule has 17 heteroatoms. The summed E-state index contributed by atoms with van der Waals surface area (Å²) < 4.78 is 83.2. The Bertz CT molecular complexity index is 1800. The zero-order chi connectivity index (χ0) is 34.3. The molecule has 2 heterocycles. The third kappa shape index (κ3) is 4.21. The molecule has 47 heavy (non-hydrogen) atoms. The van der Waals surface area contributed by atoms with Crippen LogP contribution in [0.1, 0.15) is 24.3 Å². The van der Waals surface area contributed by atoms with Crippen molar-refractivity contribution in [3.63, 3.8) is 0 Å². The number of halogens is 7. The number of nitrogens with zero attached hydrogens (tertiary/aromatic N) is 2. The van der Waals surface area contributed by atoms with Gasteiger partial charge in [0, 0.05) is 11.5 Å². The molecule has 2 aromatic rings. The van der Waals surface area contributed by atoms with Crippen molar-refractivity contribution >= 4 is 58.6 Å². The maximum atomic E-state index is 15.1. The maximum Gasteiger partial charge on any atom is 0.423 e. The van der Waals surface area contributed by atoms with Crippen LogP contribution in [0.2, 0.25) is 0 Å². The lowest BCUT2D eigenvalue weighted by atomic mass is 9.56. The monoisotopic (exact) mass is 702 g/mol. The number of ether oxygens (including phenoxy) is 2. The number of alkyl halides is 2. The lowest BCUT2D eigenvalue weighted by Gasteiger charge is -2.50. The van der Waals surface area contributed by atoms with E-state index in [-0.39, 0.29) is 34.8 Å². The number of hydrogen-bond acceptors (Lipinski definition) is 8. The smallest absolute Gasteiger partial charge is 0.423 e. The SMILES string of the molecule is COC(=O)N1C(=O)[C@H]2[C@H](CC=C3[C@H]2C[C@@]2(Cl)C(=O)N(c4c(F)c(F)c(F)c(F)c4F)C(=O)[C@@]2(Cl)[C@H]3c2ccccc2OCCO)C1=O. The maximum absolute atomic E-state index is 15.1. The van der Waals surface area contributed by atoms with Gasteiger partial charge < -0.3 is 14.6 Å². The van der Waals surface area contributed by atoms with Crippen LogP contribution in [0.25, 0.3) is 0 Å². The Morgan fingerprint density at radius 3 is 2.17 bits per heavy atom. The zero-order valence-electron chi connectivity index (χ0n) is 23.9. The van der Waals surface area contributed by atoms with E-state index in [1.165, 1.54) is 30.3 Å². The van der Waals surface area contributed by atoms with E-state index in [1.807, 2.05) is 0 Å². The summed E-state index contributed by atoms with van der Waals surface area (Å²) >= 11 is 14.1. The van der Waals surface area contributed by atoms with Crippen LogP contribution in [-0.2, 0) is 23.9 Å². The number of para-hydroxylation sites is 1. The molecule has 2 aliphatic carbocycles. The number of carbonyl (C=O) groups excluding carboxylic acids is 5. The summed E-state index contributed by atoms with van der Waals surface area (Å²) in [6, 6.07) is 5.78. The van der Waals surface area contributed by atoms with E-state index in [4.69, 9.17) is 27.9 Å². The fourth-order valence-electron chi connectivity index (χ4n) is 7.19. The molecule has 4 aliphatic rings. The summed E-state index contributed by atoms with van der Waals surface area (Å²) in [5.41, 5.74) is -1.71. The highest BCUT2D eigenvalue weighted by atomic mass is 35.5. The van der Waals surface area contributed by atoms with Crippen molar-refractivity contribution in [2.45, 2.75) is 28.5 Å².